The number of carbonyl (C=O) groups is 3. The Labute approximate surface area is 249 Å². The van der Waals surface area contributed by atoms with Crippen LogP contribution in [0.1, 0.15) is 94.6 Å². The van der Waals surface area contributed by atoms with Crippen molar-refractivity contribution >= 4 is 28.6 Å². The van der Waals surface area contributed by atoms with Gasteiger partial charge >= 0.3 is 5.97 Å². The lowest BCUT2D eigenvalue weighted by Crippen LogP contribution is -2.44. The maximum atomic E-state index is 14.1. The van der Waals surface area contributed by atoms with Crippen molar-refractivity contribution in [3.8, 4) is 5.75 Å². The van der Waals surface area contributed by atoms with Crippen molar-refractivity contribution in [2.24, 2.45) is 11.3 Å². The van der Waals surface area contributed by atoms with Crippen LogP contribution in [0.5, 0.6) is 5.75 Å². The monoisotopic (exact) mass is 574 g/mol. The zero-order valence-corrected chi connectivity index (χ0v) is 24.5. The Morgan fingerprint density at radius 3 is 2.17 bits per heavy atom. The fourth-order valence-electron chi connectivity index (χ4n) is 5.90. The number of hydrogen-bond acceptors (Lipinski definition) is 4. The Bertz CT molecular complexity index is 1380. The summed E-state index contributed by atoms with van der Waals surface area (Å²) in [5, 5.41) is 23.2. The van der Waals surface area contributed by atoms with E-state index in [0.29, 0.717) is 18.0 Å². The van der Waals surface area contributed by atoms with E-state index in [9.17, 15) is 19.5 Å². The highest BCUT2D eigenvalue weighted by molar-refractivity contribution is 5.94. The van der Waals surface area contributed by atoms with Crippen LogP contribution in [0.4, 0.5) is 0 Å². The maximum absolute atomic E-state index is 14.1. The Morgan fingerprint density at radius 2 is 1.55 bits per heavy atom. The standard InChI is InChI=1S/C34H42N2O5.CH4/c1-22(25-9-10-27-20-30(37)16-11-26(27)19-25)33(41)36(29-14-12-28(13-15-29)34(2,3)4)21-23-5-7-24(8-6-23)32(40)35-18-17-31(38)39;/h5-11,16,19-20,22,28-29,37H,12-15,17-18,21H2,1-4H3,(H,35,40)(H,38,39);1H4/t22-,28?,29?;/m0./s1. The lowest BCUT2D eigenvalue weighted by Gasteiger charge is -2.42. The first-order valence-corrected chi connectivity index (χ1v) is 14.5. The molecule has 1 atom stereocenters. The molecular formula is C35H46N2O5. The van der Waals surface area contributed by atoms with E-state index >= 15 is 0 Å². The van der Waals surface area contributed by atoms with Gasteiger partial charge in [-0.2, -0.15) is 0 Å². The SMILES string of the molecule is C.C[C@H](C(=O)N(Cc1ccc(C(=O)NCCC(=O)O)cc1)C1CCC(C(C)(C)C)CC1)c1ccc2cc(O)ccc2c1. The lowest BCUT2D eigenvalue weighted by molar-refractivity contribution is -0.137. The molecule has 0 saturated heterocycles. The van der Waals surface area contributed by atoms with Crippen molar-refractivity contribution in [2.45, 2.75) is 85.7 Å². The highest BCUT2D eigenvalue weighted by Crippen LogP contribution is 2.40. The number of nitrogens with zero attached hydrogens (tertiary/aromatic N) is 1. The number of phenols is 1. The number of carboxylic acid groups (broad SMARTS) is 1. The third kappa shape index (κ3) is 8.11. The van der Waals surface area contributed by atoms with Crippen LogP contribution in [0.15, 0.2) is 60.7 Å². The van der Waals surface area contributed by atoms with Crippen molar-refractivity contribution in [3.63, 3.8) is 0 Å². The first-order valence-electron chi connectivity index (χ1n) is 14.5. The minimum absolute atomic E-state index is 0. The third-order valence-corrected chi connectivity index (χ3v) is 8.56. The van der Waals surface area contributed by atoms with Crippen LogP contribution in [0.2, 0.25) is 0 Å². The Balaban J connectivity index is 0.00000484. The summed E-state index contributed by atoms with van der Waals surface area (Å²) in [5.41, 5.74) is 2.58. The molecule has 0 aromatic heterocycles. The maximum Gasteiger partial charge on any atom is 0.305 e. The summed E-state index contributed by atoms with van der Waals surface area (Å²) in [4.78, 5) is 39.3. The Kier molecular flexibility index (Phi) is 10.8. The average molecular weight is 575 g/mol. The van der Waals surface area contributed by atoms with E-state index in [-0.39, 0.29) is 55.3 Å². The van der Waals surface area contributed by atoms with E-state index < -0.39 is 5.97 Å². The normalized spacial score (nSPS) is 17.6. The second-order valence-electron chi connectivity index (χ2n) is 12.4. The summed E-state index contributed by atoms with van der Waals surface area (Å²) in [7, 11) is 0. The number of amides is 2. The fraction of sp³-hybridized carbons (Fsp3) is 0.457. The van der Waals surface area contributed by atoms with Crippen LogP contribution in [-0.4, -0.2) is 45.5 Å². The molecule has 0 aliphatic heterocycles. The number of nitrogens with one attached hydrogen (secondary N) is 1. The van der Waals surface area contributed by atoms with Gasteiger partial charge in [0.15, 0.2) is 0 Å². The van der Waals surface area contributed by atoms with Crippen LogP contribution in [0, 0.1) is 11.3 Å². The molecule has 1 aliphatic rings. The largest absolute Gasteiger partial charge is 0.508 e. The van der Waals surface area contributed by atoms with Gasteiger partial charge in [0, 0.05) is 24.7 Å². The van der Waals surface area contributed by atoms with E-state index in [1.165, 1.54) is 0 Å². The molecule has 0 radical (unpaired) electrons. The summed E-state index contributed by atoms with van der Waals surface area (Å²) >= 11 is 0. The van der Waals surface area contributed by atoms with Crippen LogP contribution in [-0.2, 0) is 16.1 Å². The van der Waals surface area contributed by atoms with Gasteiger partial charge in [0.05, 0.1) is 12.3 Å². The average Bonchev–Trinajstić information content (AvgIpc) is 2.94. The van der Waals surface area contributed by atoms with E-state index in [1.807, 2.05) is 48.2 Å². The van der Waals surface area contributed by atoms with E-state index in [1.54, 1.807) is 24.3 Å². The fourth-order valence-corrected chi connectivity index (χ4v) is 5.90. The molecule has 1 saturated carbocycles. The molecule has 7 heteroatoms. The Morgan fingerprint density at radius 1 is 0.929 bits per heavy atom. The number of carbonyl (C=O) groups excluding carboxylic acids is 2. The van der Waals surface area contributed by atoms with Gasteiger partial charge in [0.25, 0.3) is 5.91 Å². The van der Waals surface area contributed by atoms with Gasteiger partial charge in [0.1, 0.15) is 5.75 Å². The number of carboxylic acids is 1. The number of rotatable bonds is 9. The molecule has 0 unspecified atom stereocenters. The van der Waals surface area contributed by atoms with E-state index in [2.05, 4.69) is 26.1 Å². The van der Waals surface area contributed by atoms with Crippen molar-refractivity contribution in [3.05, 3.63) is 77.4 Å². The summed E-state index contributed by atoms with van der Waals surface area (Å²) in [6.07, 6.45) is 3.96. The molecule has 1 fully saturated rings. The lowest BCUT2D eigenvalue weighted by atomic mass is 9.71. The van der Waals surface area contributed by atoms with Crippen molar-refractivity contribution in [2.75, 3.05) is 6.54 Å². The smallest absolute Gasteiger partial charge is 0.305 e. The second-order valence-corrected chi connectivity index (χ2v) is 12.4. The molecule has 3 N–H and O–H groups in total. The predicted octanol–water partition coefficient (Wildman–Crippen LogP) is 7.12. The van der Waals surface area contributed by atoms with Crippen LogP contribution >= 0.6 is 0 Å². The minimum Gasteiger partial charge on any atom is -0.508 e. The molecule has 42 heavy (non-hydrogen) atoms. The molecule has 7 nitrogen and oxygen atoms in total. The van der Waals surface area contributed by atoms with Crippen molar-refractivity contribution < 1.29 is 24.6 Å². The van der Waals surface area contributed by atoms with Crippen LogP contribution in [0.3, 0.4) is 0 Å². The first-order chi connectivity index (χ1) is 19.4. The zero-order chi connectivity index (χ0) is 29.7. The summed E-state index contributed by atoms with van der Waals surface area (Å²) < 4.78 is 0. The first kappa shape index (κ1) is 32.6. The molecule has 3 aromatic rings. The van der Waals surface area contributed by atoms with Gasteiger partial charge in [-0.05, 0) is 90.1 Å². The summed E-state index contributed by atoms with van der Waals surface area (Å²) in [5.74, 6) is -0.687. The molecule has 1 aliphatic carbocycles. The molecule has 0 bridgehead atoms. The molecular weight excluding hydrogens is 528 g/mol. The molecule has 226 valence electrons. The minimum atomic E-state index is -0.959. The number of aromatic hydroxyl groups is 1. The highest BCUT2D eigenvalue weighted by Gasteiger charge is 2.35. The molecule has 0 heterocycles. The van der Waals surface area contributed by atoms with Gasteiger partial charge in [-0.3, -0.25) is 14.4 Å². The van der Waals surface area contributed by atoms with Gasteiger partial charge in [-0.25, -0.2) is 0 Å². The number of fused-ring (bicyclic) bond motifs is 1. The van der Waals surface area contributed by atoms with Crippen molar-refractivity contribution in [1.82, 2.24) is 10.2 Å². The number of phenolic OH excluding ortho intramolecular Hbond substituents is 1. The zero-order valence-electron chi connectivity index (χ0n) is 24.5. The summed E-state index contributed by atoms with van der Waals surface area (Å²) in [6, 6.07) is 18.6. The van der Waals surface area contributed by atoms with E-state index in [0.717, 1.165) is 47.6 Å². The second kappa shape index (κ2) is 13.9. The molecule has 4 rings (SSSR count). The van der Waals surface area contributed by atoms with Crippen LogP contribution < -0.4 is 5.32 Å². The number of hydrogen-bond donors (Lipinski definition) is 3. The summed E-state index contributed by atoms with van der Waals surface area (Å²) in [6.45, 7) is 9.37. The molecule has 3 aromatic carbocycles. The highest BCUT2D eigenvalue weighted by atomic mass is 16.4. The van der Waals surface area contributed by atoms with Gasteiger partial charge in [-0.15, -0.1) is 0 Å². The molecule has 0 spiro atoms. The quantitative estimate of drug-likeness (QED) is 0.252. The van der Waals surface area contributed by atoms with E-state index in [4.69, 9.17) is 5.11 Å². The Hall–Kier alpha value is -3.87. The third-order valence-electron chi connectivity index (χ3n) is 8.56. The van der Waals surface area contributed by atoms with Gasteiger partial charge in [-0.1, -0.05) is 64.6 Å². The molecule has 2 amide bonds. The van der Waals surface area contributed by atoms with Gasteiger partial charge < -0.3 is 20.4 Å². The number of benzene rings is 3. The van der Waals surface area contributed by atoms with Crippen molar-refractivity contribution in [1.29, 1.82) is 0 Å². The van der Waals surface area contributed by atoms with Crippen LogP contribution in [0.25, 0.3) is 10.8 Å². The topological polar surface area (TPSA) is 107 Å². The predicted molar refractivity (Wildman–Crippen MR) is 168 cm³/mol. The van der Waals surface area contributed by atoms with Gasteiger partial charge in [0.2, 0.25) is 5.91 Å². The number of aliphatic carboxylic acids is 1.